The number of carbonyl (C=O) groups excluding carboxylic acids is 1. The number of benzene rings is 2. The van der Waals surface area contributed by atoms with Gasteiger partial charge in [-0.3, -0.25) is 0 Å². The van der Waals surface area contributed by atoms with Crippen LogP contribution < -0.4 is 20.1 Å². The van der Waals surface area contributed by atoms with E-state index in [-0.39, 0.29) is 6.03 Å². The van der Waals surface area contributed by atoms with E-state index in [1.165, 1.54) is 0 Å². The van der Waals surface area contributed by atoms with Crippen molar-refractivity contribution >= 4 is 17.4 Å². The molecule has 0 radical (unpaired) electrons. The molecule has 0 saturated carbocycles. The van der Waals surface area contributed by atoms with Crippen LogP contribution >= 0.6 is 0 Å². The number of carbonyl (C=O) groups is 1. The van der Waals surface area contributed by atoms with Gasteiger partial charge in [0.2, 0.25) is 5.88 Å². The Labute approximate surface area is 178 Å². The van der Waals surface area contributed by atoms with Gasteiger partial charge < -0.3 is 20.1 Å². The molecule has 0 aliphatic heterocycles. The molecule has 0 spiro atoms. The zero-order valence-corrected chi connectivity index (χ0v) is 16.9. The lowest BCUT2D eigenvalue weighted by Gasteiger charge is -2.11. The fourth-order valence-electron chi connectivity index (χ4n) is 2.81. The summed E-state index contributed by atoms with van der Waals surface area (Å²) < 4.78 is 12.5. The van der Waals surface area contributed by atoms with Crippen molar-refractivity contribution in [3.05, 3.63) is 78.6 Å². The summed E-state index contributed by atoms with van der Waals surface area (Å²) in [5, 5.41) is 17.8. The second kappa shape index (κ2) is 8.95. The normalized spacial score (nSPS) is 10.4. The molecule has 4 aromatic rings. The molecule has 0 atom stereocenters. The van der Waals surface area contributed by atoms with Gasteiger partial charge in [0.05, 0.1) is 7.11 Å². The summed E-state index contributed by atoms with van der Waals surface area (Å²) in [5.74, 6) is 2.25. The number of rotatable bonds is 6. The highest BCUT2D eigenvalue weighted by Gasteiger charge is 2.07. The Hall–Kier alpha value is -4.40. The summed E-state index contributed by atoms with van der Waals surface area (Å²) in [5.41, 5.74) is 2.23. The molecule has 9 heteroatoms. The van der Waals surface area contributed by atoms with Crippen molar-refractivity contribution in [1.29, 1.82) is 0 Å². The molecule has 4 rings (SSSR count). The van der Waals surface area contributed by atoms with Crippen LogP contribution in [0, 0.1) is 6.92 Å². The lowest BCUT2D eigenvalue weighted by molar-refractivity contribution is 0.262. The van der Waals surface area contributed by atoms with E-state index in [1.54, 1.807) is 78.8 Å². The van der Waals surface area contributed by atoms with E-state index in [1.807, 2.05) is 13.0 Å². The van der Waals surface area contributed by atoms with E-state index in [4.69, 9.17) is 9.47 Å². The van der Waals surface area contributed by atoms with Gasteiger partial charge in [-0.15, -0.1) is 10.2 Å². The molecule has 2 aromatic carbocycles. The van der Waals surface area contributed by atoms with Crippen molar-refractivity contribution in [2.24, 2.45) is 0 Å². The number of hydrogen-bond donors (Lipinski definition) is 2. The van der Waals surface area contributed by atoms with Crippen LogP contribution in [0.15, 0.2) is 73.1 Å². The molecule has 2 heterocycles. The highest BCUT2D eigenvalue weighted by Crippen LogP contribution is 2.23. The number of nitrogens with one attached hydrogen (secondary N) is 2. The molecule has 2 amide bonds. The fraction of sp³-hybridized carbons (Fsp3) is 0.0909. The third-order valence-electron chi connectivity index (χ3n) is 4.38. The number of nitrogens with zero attached hydrogens (tertiary/aromatic N) is 4. The van der Waals surface area contributed by atoms with Gasteiger partial charge in [0.25, 0.3) is 0 Å². The minimum atomic E-state index is -0.345. The summed E-state index contributed by atoms with van der Waals surface area (Å²) in [6.45, 7) is 1.90. The largest absolute Gasteiger partial charge is 0.497 e. The average Bonchev–Trinajstić information content (AvgIpc) is 3.32. The molecular formula is C22H20N6O3. The zero-order valence-electron chi connectivity index (χ0n) is 16.9. The van der Waals surface area contributed by atoms with E-state index in [0.29, 0.717) is 28.8 Å². The third kappa shape index (κ3) is 4.96. The number of ether oxygens (including phenoxy) is 2. The van der Waals surface area contributed by atoms with Gasteiger partial charge in [-0.25, -0.2) is 9.48 Å². The summed E-state index contributed by atoms with van der Waals surface area (Å²) in [7, 11) is 1.60. The van der Waals surface area contributed by atoms with Gasteiger partial charge in [0.1, 0.15) is 11.5 Å². The van der Waals surface area contributed by atoms with Crippen LogP contribution in [0.5, 0.6) is 17.4 Å². The van der Waals surface area contributed by atoms with Crippen molar-refractivity contribution in [3.63, 3.8) is 0 Å². The molecule has 0 aliphatic rings. The number of hydrogen-bond acceptors (Lipinski definition) is 6. The number of anilines is 2. The van der Waals surface area contributed by atoms with Gasteiger partial charge in [-0.1, -0.05) is 0 Å². The predicted molar refractivity (Wildman–Crippen MR) is 116 cm³/mol. The van der Waals surface area contributed by atoms with Crippen LogP contribution in [0.25, 0.3) is 5.82 Å². The summed E-state index contributed by atoms with van der Waals surface area (Å²) in [6.07, 6.45) is 3.45. The van der Waals surface area contributed by atoms with Crippen molar-refractivity contribution in [2.45, 2.75) is 6.92 Å². The average molecular weight is 416 g/mol. The Balaban J connectivity index is 1.34. The number of aryl methyl sites for hydroxylation is 1. The van der Waals surface area contributed by atoms with Gasteiger partial charge in [0.15, 0.2) is 5.82 Å². The fourth-order valence-corrected chi connectivity index (χ4v) is 2.81. The summed E-state index contributed by atoms with van der Waals surface area (Å²) in [6, 6.07) is 17.3. The van der Waals surface area contributed by atoms with E-state index in [0.717, 1.165) is 11.3 Å². The van der Waals surface area contributed by atoms with Crippen LogP contribution in [0.3, 0.4) is 0 Å². The lowest BCUT2D eigenvalue weighted by Crippen LogP contribution is -2.19. The third-order valence-corrected chi connectivity index (χ3v) is 4.38. The second-order valence-electron chi connectivity index (χ2n) is 6.57. The van der Waals surface area contributed by atoms with Crippen LogP contribution in [0.2, 0.25) is 0 Å². The molecule has 31 heavy (non-hydrogen) atoms. The lowest BCUT2D eigenvalue weighted by atomic mass is 10.2. The van der Waals surface area contributed by atoms with Crippen molar-refractivity contribution in [2.75, 3.05) is 17.7 Å². The van der Waals surface area contributed by atoms with Crippen LogP contribution in [0.1, 0.15) is 5.56 Å². The molecule has 0 saturated heterocycles. The number of aromatic nitrogens is 4. The van der Waals surface area contributed by atoms with Gasteiger partial charge >= 0.3 is 6.03 Å². The smallest absolute Gasteiger partial charge is 0.323 e. The zero-order chi connectivity index (χ0) is 21.6. The first-order valence-corrected chi connectivity index (χ1v) is 9.45. The molecule has 0 unspecified atom stereocenters. The van der Waals surface area contributed by atoms with E-state index in [2.05, 4.69) is 25.9 Å². The van der Waals surface area contributed by atoms with Crippen LogP contribution in [-0.2, 0) is 0 Å². The number of amides is 2. The first kappa shape index (κ1) is 19.9. The summed E-state index contributed by atoms with van der Waals surface area (Å²) >= 11 is 0. The Morgan fingerprint density at radius 1 is 0.968 bits per heavy atom. The van der Waals surface area contributed by atoms with E-state index in [9.17, 15) is 4.79 Å². The topological polar surface area (TPSA) is 103 Å². The predicted octanol–water partition coefficient (Wildman–Crippen LogP) is 4.42. The van der Waals surface area contributed by atoms with Gasteiger partial charge in [-0.2, -0.15) is 5.10 Å². The number of urea groups is 1. The minimum absolute atomic E-state index is 0.345. The standard InChI is InChI=1S/C22H20N6O3/c1-15-14-18(30-2)8-9-19(15)25-22(29)24-16-4-6-17(7-5-16)31-21-11-10-20(26-27-21)28-13-3-12-23-28/h3-14H,1-2H3,(H2,24,25,29). The quantitative estimate of drug-likeness (QED) is 0.482. The van der Waals surface area contributed by atoms with E-state index >= 15 is 0 Å². The Morgan fingerprint density at radius 2 is 1.77 bits per heavy atom. The monoisotopic (exact) mass is 416 g/mol. The van der Waals surface area contributed by atoms with Gasteiger partial charge in [-0.05, 0) is 67.1 Å². The van der Waals surface area contributed by atoms with Crippen LogP contribution in [-0.4, -0.2) is 33.1 Å². The van der Waals surface area contributed by atoms with Crippen molar-refractivity contribution < 1.29 is 14.3 Å². The highest BCUT2D eigenvalue weighted by atomic mass is 16.5. The maximum absolute atomic E-state index is 12.3. The molecule has 156 valence electrons. The van der Waals surface area contributed by atoms with Crippen molar-refractivity contribution in [3.8, 4) is 23.2 Å². The molecule has 0 bridgehead atoms. The van der Waals surface area contributed by atoms with Crippen LogP contribution in [0.4, 0.5) is 16.2 Å². The highest BCUT2D eigenvalue weighted by molar-refractivity contribution is 6.00. The summed E-state index contributed by atoms with van der Waals surface area (Å²) in [4.78, 5) is 12.3. The molecular weight excluding hydrogens is 396 g/mol. The van der Waals surface area contributed by atoms with Gasteiger partial charge in [0, 0.05) is 29.8 Å². The molecule has 9 nitrogen and oxygen atoms in total. The molecule has 0 aliphatic carbocycles. The first-order chi connectivity index (χ1) is 15.1. The number of methoxy groups -OCH3 is 1. The Bertz CT molecular complexity index is 1160. The minimum Gasteiger partial charge on any atom is -0.497 e. The first-order valence-electron chi connectivity index (χ1n) is 9.45. The SMILES string of the molecule is COc1ccc(NC(=O)Nc2ccc(Oc3ccc(-n4cccn4)nn3)cc2)c(C)c1. The molecule has 2 aromatic heterocycles. The van der Waals surface area contributed by atoms with Crippen molar-refractivity contribution in [1.82, 2.24) is 20.0 Å². The second-order valence-corrected chi connectivity index (χ2v) is 6.57. The maximum Gasteiger partial charge on any atom is 0.323 e. The van der Waals surface area contributed by atoms with E-state index < -0.39 is 0 Å². The molecule has 2 N–H and O–H groups in total. The Morgan fingerprint density at radius 3 is 2.42 bits per heavy atom. The Kier molecular flexibility index (Phi) is 5.75. The molecule has 0 fully saturated rings. The maximum atomic E-state index is 12.3.